The zero-order valence-electron chi connectivity index (χ0n) is 29.6. The van der Waals surface area contributed by atoms with Crippen molar-refractivity contribution in [1.29, 1.82) is 0 Å². The number of unbranched alkanes of at least 4 members (excludes halogenated alkanes) is 12. The van der Waals surface area contributed by atoms with Gasteiger partial charge in [-0.3, -0.25) is 9.59 Å². The summed E-state index contributed by atoms with van der Waals surface area (Å²) >= 11 is 0. The van der Waals surface area contributed by atoms with E-state index in [-0.39, 0.29) is 18.0 Å². The maximum Gasteiger partial charge on any atom is 0.306 e. The van der Waals surface area contributed by atoms with E-state index in [1.54, 1.807) is 26.8 Å². The number of carbonyl (C=O) groups is 2. The quantitative estimate of drug-likeness (QED) is 0.0815. The summed E-state index contributed by atoms with van der Waals surface area (Å²) in [7, 11) is 0. The van der Waals surface area contributed by atoms with Gasteiger partial charge in [-0.15, -0.1) is 0 Å². The molecule has 10 heteroatoms. The maximum atomic E-state index is 13.7. The van der Waals surface area contributed by atoms with Crippen molar-refractivity contribution < 1.29 is 48.6 Å². The molecule has 0 aromatic heterocycles. The Kier molecular flexibility index (Phi) is 9.90. The molecule has 12 unspecified atom stereocenters. The minimum Gasteiger partial charge on any atom is -0.458 e. The molecule has 0 aromatic carbocycles. The summed E-state index contributed by atoms with van der Waals surface area (Å²) in [4.78, 5) is 27.2. The van der Waals surface area contributed by atoms with E-state index in [4.69, 9.17) is 23.7 Å². The van der Waals surface area contributed by atoms with Gasteiger partial charge < -0.3 is 39.0 Å². The minimum absolute atomic E-state index is 0.246. The Hall–Kier alpha value is -1.66. The number of hydrogen-bond acceptors (Lipinski definition) is 10. The molecular formula is C38H58O10. The second-order valence-corrected chi connectivity index (χ2v) is 15.8. The highest BCUT2D eigenvalue weighted by molar-refractivity contribution is 6.05. The van der Waals surface area contributed by atoms with Crippen molar-refractivity contribution >= 4 is 11.8 Å². The summed E-state index contributed by atoms with van der Waals surface area (Å²) in [5.74, 6) is -5.05. The summed E-state index contributed by atoms with van der Waals surface area (Å²) in [6, 6.07) is 0. The molecule has 3 heterocycles. The first kappa shape index (κ1) is 36.1. The Morgan fingerprint density at radius 3 is 2.10 bits per heavy atom. The third kappa shape index (κ3) is 5.22. The van der Waals surface area contributed by atoms with E-state index in [0.717, 1.165) is 19.3 Å². The number of Topliss-reactive ketones (excluding diaryl/α,β-unsaturated/α-hetero) is 1. The molecule has 5 fully saturated rings. The highest BCUT2D eigenvalue weighted by atomic mass is 16.9. The molecule has 0 amide bonds. The van der Waals surface area contributed by atoms with E-state index in [9.17, 15) is 24.9 Å². The smallest absolute Gasteiger partial charge is 0.306 e. The van der Waals surface area contributed by atoms with Gasteiger partial charge in [-0.1, -0.05) is 104 Å². The van der Waals surface area contributed by atoms with Crippen molar-refractivity contribution in [2.24, 2.45) is 17.8 Å². The van der Waals surface area contributed by atoms with Crippen LogP contribution < -0.4 is 0 Å². The van der Waals surface area contributed by atoms with Gasteiger partial charge in [-0.25, -0.2) is 0 Å². The molecule has 2 saturated carbocycles. The highest BCUT2D eigenvalue weighted by Gasteiger charge is 2.90. The summed E-state index contributed by atoms with van der Waals surface area (Å²) < 4.78 is 32.4. The van der Waals surface area contributed by atoms with Crippen molar-refractivity contribution in [3.8, 4) is 0 Å². The number of fused-ring (bicyclic) bond motifs is 3. The fourth-order valence-corrected chi connectivity index (χ4v) is 10.2. The normalized spacial score (nSPS) is 44.9. The lowest BCUT2D eigenvalue weighted by Gasteiger charge is -2.61. The molecule has 3 aliphatic heterocycles. The Morgan fingerprint density at radius 2 is 1.54 bits per heavy atom. The van der Waals surface area contributed by atoms with E-state index in [2.05, 4.69) is 13.5 Å². The Bertz CT molecular complexity index is 1300. The Morgan fingerprint density at radius 1 is 0.958 bits per heavy atom. The molecule has 3 aliphatic carbocycles. The summed E-state index contributed by atoms with van der Waals surface area (Å²) in [5.41, 5.74) is -5.85. The molecule has 48 heavy (non-hydrogen) atoms. The minimum atomic E-state index is -2.34. The second kappa shape index (κ2) is 13.1. The Balaban J connectivity index is 1.16. The van der Waals surface area contributed by atoms with Gasteiger partial charge in [0.2, 0.25) is 0 Å². The molecule has 0 radical (unpaired) electrons. The third-order valence-corrected chi connectivity index (χ3v) is 12.6. The van der Waals surface area contributed by atoms with Crippen LogP contribution in [0.3, 0.4) is 0 Å². The fourth-order valence-electron chi connectivity index (χ4n) is 10.2. The van der Waals surface area contributed by atoms with Gasteiger partial charge in [0.25, 0.3) is 5.97 Å². The van der Waals surface area contributed by atoms with Gasteiger partial charge in [0.05, 0.1) is 12.2 Å². The average Bonchev–Trinajstić information content (AvgIpc) is 3.68. The fraction of sp³-hybridized carbons (Fsp3) is 0.842. The number of hydrogen-bond donors (Lipinski definition) is 3. The van der Waals surface area contributed by atoms with Crippen LogP contribution >= 0.6 is 0 Å². The second-order valence-electron chi connectivity index (χ2n) is 15.8. The first-order valence-corrected chi connectivity index (χ1v) is 18.7. The van der Waals surface area contributed by atoms with Crippen molar-refractivity contribution in [3.63, 3.8) is 0 Å². The molecule has 270 valence electrons. The van der Waals surface area contributed by atoms with Crippen LogP contribution in [0.25, 0.3) is 0 Å². The maximum absolute atomic E-state index is 13.7. The zero-order valence-corrected chi connectivity index (χ0v) is 29.6. The topological polar surface area (TPSA) is 144 Å². The standard InChI is InChI=1S/C38H58O10/c1-7-8-9-10-11-12-13-14-15-16-17-18-19-20-27(40)44-30-25(5)38-26-21-24(4)29(41)36(26,43)33(42)35(22-39)31(46-35)28(38)32-37(30,23(2)3)47-34(6,45-32)48-38/h21,25-26,28,30-33,39,42-43H,2,7-20,22H2,1,3-6H3. The van der Waals surface area contributed by atoms with E-state index in [1.807, 2.05) is 6.92 Å². The van der Waals surface area contributed by atoms with Gasteiger partial charge in [0.15, 0.2) is 17.0 Å². The number of esters is 1. The van der Waals surface area contributed by atoms with Crippen LogP contribution in [0.15, 0.2) is 23.8 Å². The molecule has 6 aliphatic rings. The molecule has 0 spiro atoms. The van der Waals surface area contributed by atoms with Gasteiger partial charge in [0, 0.05) is 31.1 Å². The SMILES string of the molecule is C=C(C)C12OC3(C)OC1C1C4OC4(CO)C(O)C4(O)C(=O)C(C)=CC4C1(O3)C(C)C2OC(=O)CCCCCCCCCCCCCCC. The largest absolute Gasteiger partial charge is 0.458 e. The molecule has 3 saturated heterocycles. The molecule has 10 nitrogen and oxygen atoms in total. The molecule has 6 rings (SSSR count). The lowest BCUT2D eigenvalue weighted by molar-refractivity contribution is -0.421. The van der Waals surface area contributed by atoms with Crippen LogP contribution in [-0.2, 0) is 33.3 Å². The predicted octanol–water partition coefficient (Wildman–Crippen LogP) is 5.20. The summed E-state index contributed by atoms with van der Waals surface area (Å²) in [5, 5.41) is 34.5. The number of ether oxygens (including phenoxy) is 5. The first-order chi connectivity index (χ1) is 22.8. The number of ketones is 1. The van der Waals surface area contributed by atoms with E-state index in [1.165, 1.54) is 57.8 Å². The van der Waals surface area contributed by atoms with E-state index >= 15 is 0 Å². The third-order valence-electron chi connectivity index (χ3n) is 12.6. The molecule has 0 aromatic rings. The number of aliphatic hydroxyl groups excluding tert-OH is 2. The van der Waals surface area contributed by atoms with Gasteiger partial charge in [-0.05, 0) is 31.4 Å². The van der Waals surface area contributed by atoms with Gasteiger partial charge >= 0.3 is 5.97 Å². The van der Waals surface area contributed by atoms with Crippen molar-refractivity contribution in [3.05, 3.63) is 23.8 Å². The Labute approximate surface area is 285 Å². The molecule has 3 bridgehead atoms. The predicted molar refractivity (Wildman–Crippen MR) is 176 cm³/mol. The van der Waals surface area contributed by atoms with E-state index < -0.39 is 82.9 Å². The lowest BCUT2D eigenvalue weighted by atomic mass is 9.53. The number of epoxide rings is 1. The van der Waals surface area contributed by atoms with Crippen LogP contribution in [0, 0.1) is 17.8 Å². The lowest BCUT2D eigenvalue weighted by Crippen LogP contribution is -2.76. The number of carbonyl (C=O) groups excluding carboxylic acids is 2. The summed E-state index contributed by atoms with van der Waals surface area (Å²) in [6.45, 7) is 12.8. The van der Waals surface area contributed by atoms with Crippen LogP contribution in [0.1, 0.15) is 125 Å². The van der Waals surface area contributed by atoms with Crippen LogP contribution in [-0.4, -0.2) is 86.5 Å². The van der Waals surface area contributed by atoms with E-state index in [0.29, 0.717) is 12.0 Å². The highest BCUT2D eigenvalue weighted by Crippen LogP contribution is 2.72. The molecular weight excluding hydrogens is 616 g/mol. The van der Waals surface area contributed by atoms with Crippen LogP contribution in [0.4, 0.5) is 0 Å². The molecule has 12 atom stereocenters. The van der Waals surface area contributed by atoms with Crippen molar-refractivity contribution in [2.45, 2.75) is 177 Å². The molecule has 3 N–H and O–H groups in total. The van der Waals surface area contributed by atoms with Crippen molar-refractivity contribution in [2.75, 3.05) is 6.61 Å². The zero-order chi connectivity index (χ0) is 34.7. The van der Waals surface area contributed by atoms with Gasteiger partial charge in [0.1, 0.15) is 30.0 Å². The first-order valence-electron chi connectivity index (χ1n) is 18.7. The average molecular weight is 675 g/mol. The number of aliphatic hydroxyl groups is 3. The van der Waals surface area contributed by atoms with Crippen LogP contribution in [0.2, 0.25) is 0 Å². The van der Waals surface area contributed by atoms with Gasteiger partial charge in [-0.2, -0.15) is 0 Å². The number of rotatable bonds is 17. The van der Waals surface area contributed by atoms with Crippen LogP contribution in [0.5, 0.6) is 0 Å². The monoisotopic (exact) mass is 674 g/mol. The van der Waals surface area contributed by atoms with Crippen molar-refractivity contribution in [1.82, 2.24) is 0 Å². The summed E-state index contributed by atoms with van der Waals surface area (Å²) in [6.07, 6.45) is 13.3.